The third-order valence-corrected chi connectivity index (χ3v) is 6.89. The first-order chi connectivity index (χ1) is 16.6. The fourth-order valence-corrected chi connectivity index (χ4v) is 5.31. The van der Waals surface area contributed by atoms with Crippen molar-refractivity contribution in [1.29, 1.82) is 5.26 Å². The Kier molecular flexibility index (Phi) is 8.02. The van der Waals surface area contributed by atoms with E-state index in [2.05, 4.69) is 26.2 Å². The van der Waals surface area contributed by atoms with E-state index in [0.717, 1.165) is 75.0 Å². The second kappa shape index (κ2) is 11.3. The minimum atomic E-state index is -0.0980. The van der Waals surface area contributed by atoms with Gasteiger partial charge in [-0.25, -0.2) is 0 Å². The van der Waals surface area contributed by atoms with Crippen LogP contribution in [-0.2, 0) is 22.4 Å². The molecule has 1 atom stereocenters. The summed E-state index contributed by atoms with van der Waals surface area (Å²) in [4.78, 5) is 27.1. The molecule has 2 amide bonds. The lowest BCUT2D eigenvalue weighted by Crippen LogP contribution is -2.44. The minimum absolute atomic E-state index is 0.0980. The molecule has 180 valence electrons. The Morgan fingerprint density at radius 1 is 1.12 bits per heavy atom. The fraction of sp³-hybridized carbons (Fsp3) is 0.519. The smallest absolute Gasteiger partial charge is 0.239 e. The number of fused-ring (bicyclic) bond motifs is 1. The number of piperidine rings is 1. The first kappa shape index (κ1) is 24.0. The van der Waals surface area contributed by atoms with Crippen molar-refractivity contribution in [1.82, 2.24) is 14.8 Å². The lowest BCUT2D eigenvalue weighted by molar-refractivity contribution is -0.121. The fourth-order valence-electron chi connectivity index (χ4n) is 5.31. The number of hydrogen-bond donors (Lipinski definition) is 2. The number of likely N-dealkylation sites (tertiary alicyclic amines) is 1. The SMILES string of the molecule is CCCC(=O)NCC1CCCN(CC(=O)Nc2c(C#N)c3c(n2-c2ccccc2)CCCC3)C1. The Hall–Kier alpha value is -3.11. The van der Waals surface area contributed by atoms with Crippen molar-refractivity contribution in [2.75, 3.05) is 31.5 Å². The number of anilines is 1. The predicted molar refractivity (Wildman–Crippen MR) is 133 cm³/mol. The number of carbonyl (C=O) groups is 2. The number of para-hydroxylation sites is 1. The largest absolute Gasteiger partial charge is 0.356 e. The Morgan fingerprint density at radius 2 is 1.91 bits per heavy atom. The zero-order chi connectivity index (χ0) is 23.9. The summed E-state index contributed by atoms with van der Waals surface area (Å²) in [5.41, 5.74) is 3.79. The molecular weight excluding hydrogens is 426 g/mol. The molecule has 0 bridgehead atoms. The van der Waals surface area contributed by atoms with Crippen LogP contribution in [0.5, 0.6) is 0 Å². The number of nitrogens with zero attached hydrogens (tertiary/aromatic N) is 3. The van der Waals surface area contributed by atoms with Gasteiger partial charge in [-0.1, -0.05) is 25.1 Å². The second-order valence-electron chi connectivity index (χ2n) is 9.48. The van der Waals surface area contributed by atoms with Gasteiger partial charge in [-0.2, -0.15) is 5.26 Å². The summed E-state index contributed by atoms with van der Waals surface area (Å²) >= 11 is 0. The molecular formula is C27H35N5O2. The van der Waals surface area contributed by atoms with Crippen molar-refractivity contribution in [3.05, 3.63) is 47.2 Å². The Bertz CT molecular complexity index is 1050. The van der Waals surface area contributed by atoms with Crippen molar-refractivity contribution >= 4 is 17.6 Å². The van der Waals surface area contributed by atoms with Crippen molar-refractivity contribution in [2.24, 2.45) is 5.92 Å². The van der Waals surface area contributed by atoms with Crippen LogP contribution in [-0.4, -0.2) is 47.5 Å². The molecule has 2 aromatic rings. The molecule has 7 nitrogen and oxygen atoms in total. The number of nitrogens with one attached hydrogen (secondary N) is 2. The predicted octanol–water partition coefficient (Wildman–Crippen LogP) is 3.79. The van der Waals surface area contributed by atoms with E-state index >= 15 is 0 Å². The molecule has 2 aliphatic rings. The normalized spacial score (nSPS) is 18.1. The summed E-state index contributed by atoms with van der Waals surface area (Å²) in [7, 11) is 0. The molecule has 2 N–H and O–H groups in total. The van der Waals surface area contributed by atoms with E-state index in [1.807, 2.05) is 37.3 Å². The van der Waals surface area contributed by atoms with E-state index in [0.29, 0.717) is 30.3 Å². The molecule has 1 unspecified atom stereocenters. The van der Waals surface area contributed by atoms with Gasteiger partial charge in [-0.15, -0.1) is 0 Å². The van der Waals surface area contributed by atoms with Crippen LogP contribution < -0.4 is 10.6 Å². The molecule has 1 aliphatic heterocycles. The average molecular weight is 462 g/mol. The standard InChI is InChI=1S/C27H35N5O2/c1-2-9-25(33)29-17-20-10-8-15-31(18-20)19-26(34)30-27-23(16-28)22-13-6-7-14-24(22)32(27)21-11-4-3-5-12-21/h3-5,11-12,20H,2,6-10,13-15,17-19H2,1H3,(H,29,33)(H,30,34). The summed E-state index contributed by atoms with van der Waals surface area (Å²) in [6.45, 7) is 4.62. The zero-order valence-electron chi connectivity index (χ0n) is 20.1. The molecule has 1 fully saturated rings. The Balaban J connectivity index is 1.47. The van der Waals surface area contributed by atoms with Crippen LogP contribution in [0.15, 0.2) is 30.3 Å². The van der Waals surface area contributed by atoms with Crippen LogP contribution in [0.2, 0.25) is 0 Å². The van der Waals surface area contributed by atoms with Crippen LogP contribution in [0.25, 0.3) is 5.69 Å². The van der Waals surface area contributed by atoms with Gasteiger partial charge in [0.15, 0.2) is 0 Å². The summed E-state index contributed by atoms with van der Waals surface area (Å²) in [5.74, 6) is 0.967. The summed E-state index contributed by atoms with van der Waals surface area (Å²) < 4.78 is 2.08. The molecule has 0 spiro atoms. The zero-order valence-corrected chi connectivity index (χ0v) is 20.1. The third-order valence-electron chi connectivity index (χ3n) is 6.89. The summed E-state index contributed by atoms with van der Waals surface area (Å²) in [6, 6.07) is 12.4. The molecule has 1 aromatic carbocycles. The van der Waals surface area contributed by atoms with Crippen molar-refractivity contribution < 1.29 is 9.59 Å². The van der Waals surface area contributed by atoms with Gasteiger partial charge >= 0.3 is 0 Å². The highest BCUT2D eigenvalue weighted by molar-refractivity contribution is 5.93. The van der Waals surface area contributed by atoms with Gasteiger partial charge < -0.3 is 10.6 Å². The van der Waals surface area contributed by atoms with E-state index in [9.17, 15) is 14.9 Å². The van der Waals surface area contributed by atoms with Gasteiger partial charge in [0.1, 0.15) is 11.9 Å². The highest BCUT2D eigenvalue weighted by Crippen LogP contribution is 2.35. The molecule has 2 heterocycles. The Morgan fingerprint density at radius 3 is 2.68 bits per heavy atom. The highest BCUT2D eigenvalue weighted by atomic mass is 16.2. The molecule has 1 aromatic heterocycles. The number of rotatable bonds is 8. The maximum absolute atomic E-state index is 13.2. The van der Waals surface area contributed by atoms with Crippen LogP contribution >= 0.6 is 0 Å². The molecule has 34 heavy (non-hydrogen) atoms. The quantitative estimate of drug-likeness (QED) is 0.626. The van der Waals surface area contributed by atoms with Crippen LogP contribution in [0.4, 0.5) is 5.82 Å². The van der Waals surface area contributed by atoms with Gasteiger partial charge in [0.25, 0.3) is 0 Å². The van der Waals surface area contributed by atoms with Gasteiger partial charge in [0.2, 0.25) is 11.8 Å². The van der Waals surface area contributed by atoms with E-state index in [4.69, 9.17) is 0 Å². The van der Waals surface area contributed by atoms with Crippen molar-refractivity contribution in [3.8, 4) is 11.8 Å². The van der Waals surface area contributed by atoms with Crippen molar-refractivity contribution in [3.63, 3.8) is 0 Å². The lowest BCUT2D eigenvalue weighted by Gasteiger charge is -2.32. The second-order valence-corrected chi connectivity index (χ2v) is 9.48. The van der Waals surface area contributed by atoms with Gasteiger partial charge in [-0.05, 0) is 75.1 Å². The van der Waals surface area contributed by atoms with Gasteiger partial charge in [0.05, 0.1) is 12.1 Å². The topological polar surface area (TPSA) is 90.2 Å². The highest BCUT2D eigenvalue weighted by Gasteiger charge is 2.28. The molecule has 0 radical (unpaired) electrons. The molecule has 1 aliphatic carbocycles. The van der Waals surface area contributed by atoms with E-state index in [-0.39, 0.29) is 18.4 Å². The van der Waals surface area contributed by atoms with E-state index in [1.54, 1.807) is 0 Å². The monoisotopic (exact) mass is 461 g/mol. The minimum Gasteiger partial charge on any atom is -0.356 e. The maximum Gasteiger partial charge on any atom is 0.239 e. The summed E-state index contributed by atoms with van der Waals surface area (Å²) in [6.07, 6.45) is 7.42. The van der Waals surface area contributed by atoms with E-state index in [1.165, 1.54) is 0 Å². The lowest BCUT2D eigenvalue weighted by atomic mass is 9.95. The van der Waals surface area contributed by atoms with Crippen LogP contribution in [0, 0.1) is 17.2 Å². The first-order valence-electron chi connectivity index (χ1n) is 12.6. The first-order valence-corrected chi connectivity index (χ1v) is 12.6. The number of amides is 2. The van der Waals surface area contributed by atoms with Gasteiger partial charge in [0, 0.05) is 30.9 Å². The number of aromatic nitrogens is 1. The van der Waals surface area contributed by atoms with Crippen molar-refractivity contribution in [2.45, 2.75) is 58.3 Å². The Labute approximate surface area is 202 Å². The third kappa shape index (κ3) is 5.51. The average Bonchev–Trinajstić information content (AvgIpc) is 3.16. The maximum atomic E-state index is 13.2. The van der Waals surface area contributed by atoms with Gasteiger partial charge in [-0.3, -0.25) is 19.1 Å². The molecule has 0 saturated carbocycles. The van der Waals surface area contributed by atoms with Crippen LogP contribution in [0.1, 0.15) is 62.3 Å². The number of hydrogen-bond acceptors (Lipinski definition) is 4. The molecule has 1 saturated heterocycles. The van der Waals surface area contributed by atoms with E-state index < -0.39 is 0 Å². The molecule has 4 rings (SSSR count). The number of benzene rings is 1. The molecule has 7 heteroatoms. The number of nitriles is 1. The summed E-state index contributed by atoms with van der Waals surface area (Å²) in [5, 5.41) is 16.1. The number of carbonyl (C=O) groups excluding carboxylic acids is 2. The van der Waals surface area contributed by atoms with Crippen LogP contribution in [0.3, 0.4) is 0 Å².